The molecule has 6 heteroatoms. The van der Waals surface area contributed by atoms with Gasteiger partial charge in [0.25, 0.3) is 0 Å². The number of hydrogen-bond acceptors (Lipinski definition) is 4. The SMILES string of the molecule is Cl.OB(O)c1ccc(CN2CC(O)C2)cc1. The molecular formula is C10H15BClNO3. The molecule has 1 aliphatic heterocycles. The van der Waals surface area contributed by atoms with Crippen LogP contribution in [-0.4, -0.2) is 46.4 Å². The van der Waals surface area contributed by atoms with E-state index in [2.05, 4.69) is 4.90 Å². The molecule has 16 heavy (non-hydrogen) atoms. The summed E-state index contributed by atoms with van der Waals surface area (Å²) in [7, 11) is -1.40. The van der Waals surface area contributed by atoms with Crippen molar-refractivity contribution in [3.8, 4) is 0 Å². The third kappa shape index (κ3) is 3.20. The molecule has 4 nitrogen and oxygen atoms in total. The zero-order chi connectivity index (χ0) is 10.8. The summed E-state index contributed by atoms with van der Waals surface area (Å²) in [5, 5.41) is 26.9. The number of likely N-dealkylation sites (tertiary alicyclic amines) is 1. The van der Waals surface area contributed by atoms with Crippen LogP contribution < -0.4 is 5.46 Å². The minimum atomic E-state index is -1.40. The van der Waals surface area contributed by atoms with Crippen molar-refractivity contribution in [1.82, 2.24) is 4.90 Å². The molecule has 1 aromatic rings. The van der Waals surface area contributed by atoms with Crippen LogP contribution in [0.4, 0.5) is 0 Å². The Labute approximate surface area is 101 Å². The van der Waals surface area contributed by atoms with E-state index in [1.54, 1.807) is 12.1 Å². The van der Waals surface area contributed by atoms with Crippen LogP contribution in [0.25, 0.3) is 0 Å². The molecule has 1 heterocycles. The Hall–Kier alpha value is -0.585. The summed E-state index contributed by atoms with van der Waals surface area (Å²) in [5.41, 5.74) is 1.62. The molecule has 0 spiro atoms. The summed E-state index contributed by atoms with van der Waals surface area (Å²) in [6.07, 6.45) is -0.177. The van der Waals surface area contributed by atoms with Crippen LogP contribution in [-0.2, 0) is 6.54 Å². The summed E-state index contributed by atoms with van der Waals surface area (Å²) in [5.74, 6) is 0. The number of aliphatic hydroxyl groups excluding tert-OH is 1. The molecule has 0 aromatic heterocycles. The Bertz CT molecular complexity index is 327. The minimum absolute atomic E-state index is 0. The van der Waals surface area contributed by atoms with Gasteiger partial charge in [0.05, 0.1) is 6.10 Å². The summed E-state index contributed by atoms with van der Waals surface area (Å²) in [6, 6.07) is 7.16. The van der Waals surface area contributed by atoms with Gasteiger partial charge < -0.3 is 15.2 Å². The standard InChI is InChI=1S/C10H14BNO3.ClH/c13-10-6-12(7-10)5-8-1-3-9(4-2-8)11(14)15;/h1-4,10,13-15H,5-7H2;1H. The normalized spacial score (nSPS) is 16.4. The molecule has 1 aromatic carbocycles. The lowest BCUT2D eigenvalue weighted by Crippen LogP contribution is -2.49. The van der Waals surface area contributed by atoms with E-state index in [1.165, 1.54) is 0 Å². The molecule has 0 unspecified atom stereocenters. The van der Waals surface area contributed by atoms with Crippen LogP contribution in [0.3, 0.4) is 0 Å². The van der Waals surface area contributed by atoms with Crippen molar-refractivity contribution < 1.29 is 15.2 Å². The maximum Gasteiger partial charge on any atom is 0.488 e. The number of β-amino-alcohol motifs (C(OH)–C–C–N with tert-alkyl or cyclic N) is 1. The van der Waals surface area contributed by atoms with E-state index >= 15 is 0 Å². The molecule has 0 bridgehead atoms. The first-order valence-corrected chi connectivity index (χ1v) is 5.00. The van der Waals surface area contributed by atoms with E-state index < -0.39 is 7.12 Å². The second-order valence-electron chi connectivity index (χ2n) is 3.96. The Balaban J connectivity index is 0.00000128. The van der Waals surface area contributed by atoms with Gasteiger partial charge in [0.15, 0.2) is 0 Å². The number of aliphatic hydroxyl groups is 1. The number of hydrogen-bond donors (Lipinski definition) is 3. The highest BCUT2D eigenvalue weighted by atomic mass is 35.5. The van der Waals surface area contributed by atoms with E-state index in [4.69, 9.17) is 15.2 Å². The van der Waals surface area contributed by atoms with Crippen molar-refractivity contribution in [1.29, 1.82) is 0 Å². The summed E-state index contributed by atoms with van der Waals surface area (Å²) in [6.45, 7) is 2.26. The smallest absolute Gasteiger partial charge is 0.423 e. The second kappa shape index (κ2) is 5.66. The Morgan fingerprint density at radius 2 is 1.75 bits per heavy atom. The molecule has 0 saturated carbocycles. The highest BCUT2D eigenvalue weighted by molar-refractivity contribution is 6.58. The molecule has 0 radical (unpaired) electrons. The molecule has 0 amide bonds. The second-order valence-corrected chi connectivity index (χ2v) is 3.96. The molecule has 2 rings (SSSR count). The van der Waals surface area contributed by atoms with Crippen LogP contribution in [0, 0.1) is 0 Å². The van der Waals surface area contributed by atoms with E-state index in [0.717, 1.165) is 25.2 Å². The molecule has 3 N–H and O–H groups in total. The van der Waals surface area contributed by atoms with E-state index in [1.807, 2.05) is 12.1 Å². The lowest BCUT2D eigenvalue weighted by molar-refractivity contribution is -0.00286. The fourth-order valence-electron chi connectivity index (χ4n) is 1.73. The van der Waals surface area contributed by atoms with Crippen LogP contribution >= 0.6 is 12.4 Å². The summed E-state index contributed by atoms with van der Waals surface area (Å²) < 4.78 is 0. The van der Waals surface area contributed by atoms with Gasteiger partial charge in [-0.2, -0.15) is 0 Å². The molecule has 88 valence electrons. The maximum atomic E-state index is 9.11. The highest BCUT2D eigenvalue weighted by Gasteiger charge is 2.23. The number of benzene rings is 1. The molecule has 1 aliphatic rings. The summed E-state index contributed by atoms with van der Waals surface area (Å²) in [4.78, 5) is 2.13. The highest BCUT2D eigenvalue weighted by Crippen LogP contribution is 2.11. The first-order valence-electron chi connectivity index (χ1n) is 5.00. The van der Waals surface area contributed by atoms with Crippen molar-refractivity contribution in [2.45, 2.75) is 12.6 Å². The van der Waals surface area contributed by atoms with Crippen molar-refractivity contribution in [3.63, 3.8) is 0 Å². The van der Waals surface area contributed by atoms with Crippen molar-refractivity contribution in [2.24, 2.45) is 0 Å². The van der Waals surface area contributed by atoms with E-state index in [9.17, 15) is 0 Å². The van der Waals surface area contributed by atoms with E-state index in [-0.39, 0.29) is 18.5 Å². The molecule has 0 atom stereocenters. The monoisotopic (exact) mass is 243 g/mol. The fourth-order valence-corrected chi connectivity index (χ4v) is 1.73. The van der Waals surface area contributed by atoms with Gasteiger partial charge in [0, 0.05) is 19.6 Å². The van der Waals surface area contributed by atoms with Gasteiger partial charge in [0.1, 0.15) is 0 Å². The van der Waals surface area contributed by atoms with Gasteiger partial charge in [-0.05, 0) is 11.0 Å². The number of rotatable bonds is 3. The number of halogens is 1. The van der Waals surface area contributed by atoms with Gasteiger partial charge >= 0.3 is 7.12 Å². The lowest BCUT2D eigenvalue weighted by atomic mass is 9.80. The van der Waals surface area contributed by atoms with Crippen molar-refractivity contribution in [2.75, 3.05) is 13.1 Å². The quantitative estimate of drug-likeness (QED) is 0.594. The Morgan fingerprint density at radius 3 is 2.19 bits per heavy atom. The number of nitrogens with zero attached hydrogens (tertiary/aromatic N) is 1. The molecule has 0 aliphatic carbocycles. The minimum Gasteiger partial charge on any atom is -0.423 e. The lowest BCUT2D eigenvalue weighted by Gasteiger charge is -2.35. The Morgan fingerprint density at radius 1 is 1.19 bits per heavy atom. The van der Waals surface area contributed by atoms with Crippen LogP contribution in [0.15, 0.2) is 24.3 Å². The predicted molar refractivity (Wildman–Crippen MR) is 64.8 cm³/mol. The van der Waals surface area contributed by atoms with Crippen LogP contribution in [0.5, 0.6) is 0 Å². The molecular weight excluding hydrogens is 228 g/mol. The summed E-state index contributed by atoms with van der Waals surface area (Å²) >= 11 is 0. The van der Waals surface area contributed by atoms with Crippen molar-refractivity contribution >= 4 is 25.0 Å². The molecule has 1 saturated heterocycles. The zero-order valence-electron chi connectivity index (χ0n) is 8.78. The molecule has 1 fully saturated rings. The first kappa shape index (κ1) is 13.5. The van der Waals surface area contributed by atoms with Gasteiger partial charge in [-0.15, -0.1) is 12.4 Å². The van der Waals surface area contributed by atoms with Crippen molar-refractivity contribution in [3.05, 3.63) is 29.8 Å². The average molecular weight is 243 g/mol. The average Bonchev–Trinajstić information content (AvgIpc) is 2.16. The Kier molecular flexibility index (Phi) is 4.77. The topological polar surface area (TPSA) is 63.9 Å². The van der Waals surface area contributed by atoms with Gasteiger partial charge in [-0.3, -0.25) is 4.90 Å². The van der Waals surface area contributed by atoms with Gasteiger partial charge in [-0.25, -0.2) is 0 Å². The van der Waals surface area contributed by atoms with Gasteiger partial charge in [-0.1, -0.05) is 24.3 Å². The van der Waals surface area contributed by atoms with Crippen LogP contribution in [0.2, 0.25) is 0 Å². The zero-order valence-corrected chi connectivity index (χ0v) is 9.60. The van der Waals surface area contributed by atoms with Crippen LogP contribution in [0.1, 0.15) is 5.56 Å². The third-order valence-electron chi connectivity index (χ3n) is 2.62. The predicted octanol–water partition coefficient (Wildman–Crippen LogP) is -1.04. The third-order valence-corrected chi connectivity index (χ3v) is 2.62. The largest absolute Gasteiger partial charge is 0.488 e. The fraction of sp³-hybridized carbons (Fsp3) is 0.400. The first-order chi connectivity index (χ1) is 7.15. The van der Waals surface area contributed by atoms with E-state index in [0.29, 0.717) is 5.46 Å². The maximum absolute atomic E-state index is 9.11. The van der Waals surface area contributed by atoms with Gasteiger partial charge in [0.2, 0.25) is 0 Å².